The molecule has 0 radical (unpaired) electrons. The van der Waals surface area contributed by atoms with Gasteiger partial charge in [0.2, 0.25) is 0 Å². The lowest BCUT2D eigenvalue weighted by molar-refractivity contribution is 0.0943. The number of amides is 1. The largest absolute Gasteiger partial charge is 0.358 e. The van der Waals surface area contributed by atoms with Crippen LogP contribution in [-0.4, -0.2) is 22.4 Å². The zero-order valence-electron chi connectivity index (χ0n) is 18.1. The maximum atomic E-state index is 13.0. The number of aromatic amines is 1. The van der Waals surface area contributed by atoms with Crippen LogP contribution in [0.2, 0.25) is 0 Å². The summed E-state index contributed by atoms with van der Waals surface area (Å²) in [4.78, 5) is 20.6. The fourth-order valence-electron chi connectivity index (χ4n) is 4.59. The van der Waals surface area contributed by atoms with Gasteiger partial charge in [-0.05, 0) is 87.3 Å². The number of aryl methyl sites for hydroxylation is 2. The molecule has 1 fully saturated rings. The minimum Gasteiger partial charge on any atom is -0.358 e. The first-order valence-corrected chi connectivity index (χ1v) is 10.9. The number of nitriles is 1. The lowest BCUT2D eigenvalue weighted by Gasteiger charge is -2.29. The van der Waals surface area contributed by atoms with E-state index in [1.54, 1.807) is 6.07 Å². The molecule has 3 aromatic rings. The topological polar surface area (TPSA) is 81.6 Å². The van der Waals surface area contributed by atoms with E-state index in [1.807, 2.05) is 44.3 Å². The highest BCUT2D eigenvalue weighted by Crippen LogP contribution is 2.35. The molecule has 4 rings (SSSR count). The molecule has 31 heavy (non-hydrogen) atoms. The second-order valence-corrected chi connectivity index (χ2v) is 8.59. The van der Waals surface area contributed by atoms with E-state index in [-0.39, 0.29) is 5.91 Å². The van der Waals surface area contributed by atoms with Crippen molar-refractivity contribution in [3.63, 3.8) is 0 Å². The highest BCUT2D eigenvalue weighted by atomic mass is 16.1. The Labute approximate surface area is 183 Å². The molecule has 2 heterocycles. The third kappa shape index (κ3) is 4.86. The summed E-state index contributed by atoms with van der Waals surface area (Å²) in [5.74, 6) is 1.04. The van der Waals surface area contributed by atoms with Gasteiger partial charge in [0.1, 0.15) is 0 Å². The maximum absolute atomic E-state index is 13.0. The fraction of sp³-hybridized carbons (Fsp3) is 0.346. The molecule has 1 aliphatic rings. The van der Waals surface area contributed by atoms with Crippen LogP contribution < -0.4 is 5.32 Å². The molecule has 2 aromatic heterocycles. The van der Waals surface area contributed by atoms with Crippen LogP contribution in [0.3, 0.4) is 0 Å². The number of nitrogens with zero attached hydrogens (tertiary/aromatic N) is 2. The van der Waals surface area contributed by atoms with Crippen molar-refractivity contribution < 1.29 is 4.79 Å². The SMILES string of the molecule is Cc1cc(C2CCC(CNC(=O)c3cc(C)[nH]c3-c3cccc(C#N)c3)CC2)ccn1. The van der Waals surface area contributed by atoms with Crippen molar-refractivity contribution >= 4 is 5.91 Å². The number of H-pyrrole nitrogens is 1. The Kier molecular flexibility index (Phi) is 6.18. The van der Waals surface area contributed by atoms with Crippen LogP contribution in [0.25, 0.3) is 11.3 Å². The first-order valence-electron chi connectivity index (χ1n) is 10.9. The van der Waals surface area contributed by atoms with Gasteiger partial charge in [-0.1, -0.05) is 12.1 Å². The first kappa shape index (κ1) is 20.9. The summed E-state index contributed by atoms with van der Waals surface area (Å²) in [5, 5.41) is 12.3. The van der Waals surface area contributed by atoms with Gasteiger partial charge >= 0.3 is 0 Å². The van der Waals surface area contributed by atoms with Crippen molar-refractivity contribution in [2.75, 3.05) is 6.54 Å². The second kappa shape index (κ2) is 9.18. The maximum Gasteiger partial charge on any atom is 0.253 e. The van der Waals surface area contributed by atoms with Gasteiger partial charge in [0.15, 0.2) is 0 Å². The van der Waals surface area contributed by atoms with Crippen LogP contribution in [0.5, 0.6) is 0 Å². The summed E-state index contributed by atoms with van der Waals surface area (Å²) in [7, 11) is 0. The molecular formula is C26H28N4O. The number of rotatable bonds is 5. The molecule has 0 aliphatic heterocycles. The van der Waals surface area contributed by atoms with Crippen molar-refractivity contribution in [1.82, 2.24) is 15.3 Å². The van der Waals surface area contributed by atoms with Crippen molar-refractivity contribution in [3.8, 4) is 17.3 Å². The molecule has 158 valence electrons. The van der Waals surface area contributed by atoms with Crippen LogP contribution in [0, 0.1) is 31.1 Å². The number of carbonyl (C=O) groups excluding carboxylic acids is 1. The summed E-state index contributed by atoms with van der Waals surface area (Å²) in [6.45, 7) is 4.68. The Hall–Kier alpha value is -3.39. The summed E-state index contributed by atoms with van der Waals surface area (Å²) in [5.41, 5.74) is 6.22. The lowest BCUT2D eigenvalue weighted by atomic mass is 9.79. The number of hydrogen-bond acceptors (Lipinski definition) is 3. The highest BCUT2D eigenvalue weighted by Gasteiger charge is 2.24. The van der Waals surface area contributed by atoms with E-state index in [1.165, 1.54) is 5.56 Å². The molecule has 5 heteroatoms. The third-order valence-corrected chi connectivity index (χ3v) is 6.27. The highest BCUT2D eigenvalue weighted by molar-refractivity contribution is 6.00. The van der Waals surface area contributed by atoms with E-state index < -0.39 is 0 Å². The number of hydrogen-bond donors (Lipinski definition) is 2. The molecule has 1 saturated carbocycles. The Morgan fingerprint density at radius 2 is 1.97 bits per heavy atom. The van der Waals surface area contributed by atoms with Crippen molar-refractivity contribution in [3.05, 3.63) is 76.7 Å². The molecule has 2 N–H and O–H groups in total. The zero-order valence-corrected chi connectivity index (χ0v) is 18.1. The van der Waals surface area contributed by atoms with E-state index in [0.29, 0.717) is 29.5 Å². The summed E-state index contributed by atoms with van der Waals surface area (Å²) < 4.78 is 0. The van der Waals surface area contributed by atoms with Gasteiger partial charge in [0, 0.05) is 29.7 Å². The quantitative estimate of drug-likeness (QED) is 0.599. The van der Waals surface area contributed by atoms with Gasteiger partial charge in [-0.3, -0.25) is 9.78 Å². The fourth-order valence-corrected chi connectivity index (χ4v) is 4.59. The predicted octanol–water partition coefficient (Wildman–Crippen LogP) is 5.27. The number of pyridine rings is 1. The molecule has 5 nitrogen and oxygen atoms in total. The van der Waals surface area contributed by atoms with Crippen molar-refractivity contribution in [2.45, 2.75) is 45.4 Å². The molecule has 0 spiro atoms. The summed E-state index contributed by atoms with van der Waals surface area (Å²) >= 11 is 0. The molecule has 1 amide bonds. The lowest BCUT2D eigenvalue weighted by Crippen LogP contribution is -2.31. The van der Waals surface area contributed by atoms with Crippen LogP contribution in [0.15, 0.2) is 48.7 Å². The molecule has 0 saturated heterocycles. The molecule has 1 aromatic carbocycles. The standard InChI is InChI=1S/C26H28N4O/c1-17-12-22(10-11-28-17)21-8-6-19(7-9-21)16-29-26(31)24-13-18(2)30-25(24)23-5-3-4-20(14-23)15-27/h3-5,10-14,19,21,30H,6-9,16H2,1-2H3,(H,29,31). The number of aromatic nitrogens is 2. The van der Waals surface area contributed by atoms with Crippen LogP contribution in [-0.2, 0) is 0 Å². The van der Waals surface area contributed by atoms with Gasteiger partial charge in [-0.2, -0.15) is 5.26 Å². The molecule has 0 atom stereocenters. The van der Waals surface area contributed by atoms with Crippen LogP contribution in [0.1, 0.15) is 64.5 Å². The molecular weight excluding hydrogens is 384 g/mol. The molecule has 0 unspecified atom stereocenters. The number of carbonyl (C=O) groups is 1. The summed E-state index contributed by atoms with van der Waals surface area (Å²) in [6.07, 6.45) is 6.45. The van der Waals surface area contributed by atoms with Crippen LogP contribution in [0.4, 0.5) is 0 Å². The van der Waals surface area contributed by atoms with Gasteiger partial charge < -0.3 is 10.3 Å². The van der Waals surface area contributed by atoms with E-state index in [2.05, 4.69) is 33.5 Å². The third-order valence-electron chi connectivity index (χ3n) is 6.27. The minimum absolute atomic E-state index is 0.0615. The Bertz CT molecular complexity index is 1120. The van der Waals surface area contributed by atoms with Crippen molar-refractivity contribution in [1.29, 1.82) is 5.26 Å². The van der Waals surface area contributed by atoms with Crippen molar-refractivity contribution in [2.24, 2.45) is 5.92 Å². The predicted molar refractivity (Wildman–Crippen MR) is 122 cm³/mol. The van der Waals surface area contributed by atoms with E-state index in [9.17, 15) is 10.1 Å². The molecule has 0 bridgehead atoms. The van der Waals surface area contributed by atoms with E-state index in [0.717, 1.165) is 48.3 Å². The van der Waals surface area contributed by atoms with Gasteiger partial charge in [-0.15, -0.1) is 0 Å². The van der Waals surface area contributed by atoms with Gasteiger partial charge in [-0.25, -0.2) is 0 Å². The number of benzene rings is 1. The zero-order chi connectivity index (χ0) is 21.8. The average molecular weight is 413 g/mol. The monoisotopic (exact) mass is 412 g/mol. The first-order chi connectivity index (χ1) is 15.0. The second-order valence-electron chi connectivity index (χ2n) is 8.59. The Balaban J connectivity index is 1.37. The molecule has 1 aliphatic carbocycles. The average Bonchev–Trinajstić information content (AvgIpc) is 3.19. The minimum atomic E-state index is -0.0615. The Morgan fingerprint density at radius 3 is 2.71 bits per heavy atom. The van der Waals surface area contributed by atoms with Crippen LogP contribution >= 0.6 is 0 Å². The van der Waals surface area contributed by atoms with Gasteiger partial charge in [0.25, 0.3) is 5.91 Å². The van der Waals surface area contributed by atoms with E-state index in [4.69, 9.17) is 0 Å². The normalized spacial score (nSPS) is 18.4. The smallest absolute Gasteiger partial charge is 0.253 e. The summed E-state index contributed by atoms with van der Waals surface area (Å²) in [6, 6.07) is 15.7. The number of nitrogens with one attached hydrogen (secondary N) is 2. The Morgan fingerprint density at radius 1 is 1.16 bits per heavy atom. The van der Waals surface area contributed by atoms with E-state index >= 15 is 0 Å². The van der Waals surface area contributed by atoms with Gasteiger partial charge in [0.05, 0.1) is 22.9 Å².